The largest absolute Gasteiger partial charge is 0.756 e. The van der Waals surface area contributed by atoms with E-state index < -0.39 is 26.5 Å². The lowest BCUT2D eigenvalue weighted by Crippen LogP contribution is -2.37. The fourth-order valence-electron chi connectivity index (χ4n) is 9.72. The molecule has 0 fully saturated rings. The van der Waals surface area contributed by atoms with Crippen LogP contribution >= 0.6 is 7.82 Å². The van der Waals surface area contributed by atoms with Gasteiger partial charge in [0.2, 0.25) is 0 Å². The number of quaternary nitrogens is 1. The first-order valence-electron chi connectivity index (χ1n) is 31.7. The van der Waals surface area contributed by atoms with Crippen molar-refractivity contribution in [3.63, 3.8) is 0 Å². The summed E-state index contributed by atoms with van der Waals surface area (Å²) >= 11 is 0. The zero-order chi connectivity index (χ0) is 52.7. The molecule has 0 N–H and O–H groups in total. The summed E-state index contributed by atoms with van der Waals surface area (Å²) in [7, 11) is 1.19. The molecule has 0 aromatic rings. The first kappa shape index (κ1) is 71.0. The van der Waals surface area contributed by atoms with Crippen LogP contribution in [-0.4, -0.2) is 70.0 Å². The maximum absolute atomic E-state index is 12.8. The number of carbonyl (C=O) groups excluding carboxylic acids is 2. The average Bonchev–Trinajstić information content (AvgIpc) is 3.34. The molecule has 2 atom stereocenters. The number of phosphoric ester groups is 1. The third-order valence-electron chi connectivity index (χ3n) is 14.6. The predicted molar refractivity (Wildman–Crippen MR) is 305 cm³/mol. The summed E-state index contributed by atoms with van der Waals surface area (Å²) in [6.07, 6.45) is 63.1. The number of nitrogens with zero attached hydrogens (tertiary/aromatic N) is 1. The Bertz CT molecular complexity index is 1180. The summed E-state index contributed by atoms with van der Waals surface area (Å²) in [5.74, 6) is -0.806. The lowest BCUT2D eigenvalue weighted by Gasteiger charge is -2.28. The average molecular weight is 1040 g/mol. The highest BCUT2D eigenvalue weighted by atomic mass is 31.2. The van der Waals surface area contributed by atoms with Crippen LogP contribution < -0.4 is 4.89 Å². The molecule has 0 saturated heterocycles. The van der Waals surface area contributed by atoms with Gasteiger partial charge in [-0.05, 0) is 12.8 Å². The number of phosphoric acid groups is 1. The van der Waals surface area contributed by atoms with Crippen molar-refractivity contribution in [2.75, 3.05) is 47.5 Å². The van der Waals surface area contributed by atoms with Gasteiger partial charge >= 0.3 is 11.9 Å². The molecular formula is C62H124NO8P. The van der Waals surface area contributed by atoms with Crippen molar-refractivity contribution in [3.8, 4) is 0 Å². The number of hydrogen-bond donors (Lipinski definition) is 0. The third kappa shape index (κ3) is 58.3. The van der Waals surface area contributed by atoms with E-state index in [0.717, 1.165) is 32.1 Å². The molecule has 0 aromatic heterocycles. The van der Waals surface area contributed by atoms with Crippen LogP contribution in [0, 0.1) is 0 Å². The fraction of sp³-hybridized carbons (Fsp3) is 0.968. The summed E-state index contributed by atoms with van der Waals surface area (Å²) in [6.45, 7) is 4.33. The maximum atomic E-state index is 12.8. The van der Waals surface area contributed by atoms with Gasteiger partial charge in [-0.2, -0.15) is 0 Å². The van der Waals surface area contributed by atoms with Crippen LogP contribution in [0.25, 0.3) is 0 Å². The number of likely N-dealkylation sites (N-methyl/N-ethyl adjacent to an activating group) is 1. The number of carbonyl (C=O) groups is 2. The second-order valence-corrected chi connectivity index (χ2v) is 24.6. The molecule has 430 valence electrons. The summed E-state index contributed by atoms with van der Waals surface area (Å²) in [6, 6.07) is 0. The maximum Gasteiger partial charge on any atom is 0.306 e. The van der Waals surface area contributed by atoms with Gasteiger partial charge in [0, 0.05) is 12.8 Å². The highest BCUT2D eigenvalue weighted by molar-refractivity contribution is 7.45. The quantitative estimate of drug-likeness (QED) is 0.0256. The van der Waals surface area contributed by atoms with E-state index in [-0.39, 0.29) is 32.0 Å². The predicted octanol–water partition coefficient (Wildman–Crippen LogP) is 19.2. The zero-order valence-corrected chi connectivity index (χ0v) is 49.8. The minimum atomic E-state index is -4.63. The van der Waals surface area contributed by atoms with E-state index in [1.54, 1.807) is 0 Å². The van der Waals surface area contributed by atoms with Crippen molar-refractivity contribution < 1.29 is 42.1 Å². The van der Waals surface area contributed by atoms with E-state index in [4.69, 9.17) is 18.5 Å². The van der Waals surface area contributed by atoms with E-state index >= 15 is 0 Å². The highest BCUT2D eigenvalue weighted by Crippen LogP contribution is 2.38. The van der Waals surface area contributed by atoms with Crippen molar-refractivity contribution in [2.45, 2.75) is 341 Å². The Morgan fingerprint density at radius 2 is 0.625 bits per heavy atom. The number of hydrogen-bond acceptors (Lipinski definition) is 8. The smallest absolute Gasteiger partial charge is 0.306 e. The van der Waals surface area contributed by atoms with Crippen molar-refractivity contribution in [1.82, 2.24) is 0 Å². The molecule has 0 aliphatic carbocycles. The summed E-state index contributed by atoms with van der Waals surface area (Å²) < 4.78 is 34.3. The van der Waals surface area contributed by atoms with Crippen LogP contribution in [0.2, 0.25) is 0 Å². The van der Waals surface area contributed by atoms with Crippen molar-refractivity contribution in [1.29, 1.82) is 0 Å². The van der Waals surface area contributed by atoms with E-state index in [1.807, 2.05) is 21.1 Å². The Labute approximate surface area is 448 Å². The molecule has 0 spiro atoms. The first-order chi connectivity index (χ1) is 35.0. The van der Waals surface area contributed by atoms with Gasteiger partial charge in [0.1, 0.15) is 19.8 Å². The summed E-state index contributed by atoms with van der Waals surface area (Å²) in [5.41, 5.74) is 0. The van der Waals surface area contributed by atoms with Crippen LogP contribution in [0.1, 0.15) is 335 Å². The highest BCUT2D eigenvalue weighted by Gasteiger charge is 2.22. The van der Waals surface area contributed by atoms with E-state index in [2.05, 4.69) is 13.8 Å². The van der Waals surface area contributed by atoms with E-state index in [1.165, 1.54) is 270 Å². The van der Waals surface area contributed by atoms with Crippen LogP contribution in [0.3, 0.4) is 0 Å². The van der Waals surface area contributed by atoms with Crippen LogP contribution in [0.15, 0.2) is 0 Å². The molecule has 0 amide bonds. The monoisotopic (exact) mass is 1040 g/mol. The molecule has 9 nitrogen and oxygen atoms in total. The Kier molecular flexibility index (Phi) is 54.0. The molecule has 0 heterocycles. The van der Waals surface area contributed by atoms with Gasteiger partial charge in [0.25, 0.3) is 7.82 Å². The van der Waals surface area contributed by atoms with Gasteiger partial charge in [-0.15, -0.1) is 0 Å². The number of esters is 2. The number of rotatable bonds is 60. The van der Waals surface area contributed by atoms with Gasteiger partial charge < -0.3 is 27.9 Å². The Morgan fingerprint density at radius 1 is 0.375 bits per heavy atom. The van der Waals surface area contributed by atoms with Crippen molar-refractivity contribution >= 4 is 19.8 Å². The molecule has 0 radical (unpaired) electrons. The molecule has 2 unspecified atom stereocenters. The Morgan fingerprint density at radius 3 is 0.889 bits per heavy atom. The molecule has 0 saturated carbocycles. The lowest BCUT2D eigenvalue weighted by atomic mass is 10.0. The SMILES string of the molecule is CCCCCCCCCCCCCCCCCCCCCCCCCCCCC(=O)OC(COC(=O)CCCCCCCCCCCCCCCCCCCCCCCC)COP(=O)([O-])OCC[N+](C)(C)C. The minimum Gasteiger partial charge on any atom is -0.756 e. The number of ether oxygens (including phenoxy) is 2. The van der Waals surface area contributed by atoms with Gasteiger partial charge in [-0.1, -0.05) is 309 Å². The number of unbranched alkanes of at least 4 members (excludes halogenated alkanes) is 46. The summed E-state index contributed by atoms with van der Waals surface area (Å²) in [4.78, 5) is 37.9. The van der Waals surface area contributed by atoms with Crippen LogP contribution in [-0.2, 0) is 32.7 Å². The molecule has 10 heteroatoms. The second kappa shape index (κ2) is 54.8. The standard InChI is InChI=1S/C62H124NO8P/c1-6-8-10-12-14-16-18-20-22-24-26-28-30-31-32-33-35-37-39-41-43-45-47-49-51-53-55-62(65)71-60(59-70-72(66,67)69-57-56-63(3,4)5)58-68-61(64)54-52-50-48-46-44-42-40-38-36-34-29-27-25-23-21-19-17-15-13-11-9-7-2/h60H,6-59H2,1-5H3. The third-order valence-corrected chi connectivity index (χ3v) is 15.6. The zero-order valence-electron chi connectivity index (χ0n) is 48.9. The Hall–Kier alpha value is -0.990. The van der Waals surface area contributed by atoms with Gasteiger partial charge in [0.15, 0.2) is 6.10 Å². The minimum absolute atomic E-state index is 0.0249. The molecule has 72 heavy (non-hydrogen) atoms. The van der Waals surface area contributed by atoms with Crippen LogP contribution in [0.5, 0.6) is 0 Å². The molecular weight excluding hydrogens is 918 g/mol. The van der Waals surface area contributed by atoms with Gasteiger partial charge in [-0.25, -0.2) is 0 Å². The lowest BCUT2D eigenvalue weighted by molar-refractivity contribution is -0.870. The molecule has 0 aliphatic heterocycles. The Balaban J connectivity index is 4.04. The topological polar surface area (TPSA) is 111 Å². The van der Waals surface area contributed by atoms with Crippen molar-refractivity contribution in [2.24, 2.45) is 0 Å². The molecule has 0 aromatic carbocycles. The molecule has 0 bridgehead atoms. The first-order valence-corrected chi connectivity index (χ1v) is 33.2. The normalized spacial score (nSPS) is 13.1. The van der Waals surface area contributed by atoms with E-state index in [9.17, 15) is 19.0 Å². The van der Waals surface area contributed by atoms with E-state index in [0.29, 0.717) is 17.4 Å². The van der Waals surface area contributed by atoms with Crippen molar-refractivity contribution in [3.05, 3.63) is 0 Å². The van der Waals surface area contributed by atoms with Gasteiger partial charge in [-0.3, -0.25) is 14.2 Å². The van der Waals surface area contributed by atoms with Crippen LogP contribution in [0.4, 0.5) is 0 Å². The molecule has 0 aliphatic rings. The fourth-order valence-corrected chi connectivity index (χ4v) is 10.4. The molecule has 0 rings (SSSR count). The second-order valence-electron chi connectivity index (χ2n) is 23.1. The van der Waals surface area contributed by atoms with Gasteiger partial charge in [0.05, 0.1) is 27.7 Å². The summed E-state index contributed by atoms with van der Waals surface area (Å²) in [5, 5.41) is 0.